The van der Waals surface area contributed by atoms with Crippen molar-refractivity contribution < 1.29 is 19.4 Å². The molecular weight excluding hydrogens is 324 g/mol. The highest BCUT2D eigenvalue weighted by Gasteiger charge is 2.15. The lowest BCUT2D eigenvalue weighted by molar-refractivity contribution is 0.0532. The van der Waals surface area contributed by atoms with Gasteiger partial charge in [0, 0.05) is 32.7 Å². The number of nitriles is 1. The molecule has 0 spiro atoms. The van der Waals surface area contributed by atoms with Crippen LogP contribution in [0.15, 0.2) is 24.3 Å². The Morgan fingerprint density at radius 2 is 2.20 bits per heavy atom. The summed E-state index contributed by atoms with van der Waals surface area (Å²) in [7, 11) is 0. The fourth-order valence-corrected chi connectivity index (χ4v) is 2.31. The summed E-state index contributed by atoms with van der Waals surface area (Å²) in [6.45, 7) is 3.90. The molecule has 8 heteroatoms. The number of hydrogen-bond donors (Lipinski definition) is 3. The third-order valence-corrected chi connectivity index (χ3v) is 3.66. The molecule has 1 atom stereocenters. The van der Waals surface area contributed by atoms with Crippen LogP contribution in [-0.4, -0.2) is 74.7 Å². The van der Waals surface area contributed by atoms with E-state index in [1.165, 1.54) is 0 Å². The summed E-state index contributed by atoms with van der Waals surface area (Å²) in [5.41, 5.74) is 0.515. The number of carbonyl (C=O) groups is 1. The van der Waals surface area contributed by atoms with Crippen molar-refractivity contribution in [2.45, 2.75) is 6.10 Å². The standard InChI is InChI=1S/C17H24N4O4/c18-11-14-2-1-3-16(10-14)25-13-15(22)12-19-4-5-20-17(23)21-6-8-24-9-7-21/h1-3,10,15,19,22H,4-9,12-13H2,(H,20,23)/t15-/m0/s1. The third kappa shape index (κ3) is 6.97. The van der Waals surface area contributed by atoms with Gasteiger partial charge in [0.1, 0.15) is 18.5 Å². The highest BCUT2D eigenvalue weighted by Crippen LogP contribution is 2.12. The Hall–Kier alpha value is -2.34. The number of rotatable bonds is 8. The highest BCUT2D eigenvalue weighted by atomic mass is 16.5. The van der Waals surface area contributed by atoms with Gasteiger partial charge in [-0.05, 0) is 18.2 Å². The zero-order valence-corrected chi connectivity index (χ0v) is 14.1. The van der Waals surface area contributed by atoms with Gasteiger partial charge in [-0.15, -0.1) is 0 Å². The number of benzene rings is 1. The number of nitrogens with one attached hydrogen (secondary N) is 2. The normalized spacial score (nSPS) is 15.3. The zero-order valence-electron chi connectivity index (χ0n) is 14.1. The molecule has 1 aromatic rings. The van der Waals surface area contributed by atoms with Crippen LogP contribution in [0.2, 0.25) is 0 Å². The molecule has 1 aliphatic rings. The highest BCUT2D eigenvalue weighted by molar-refractivity contribution is 5.74. The molecular formula is C17H24N4O4. The number of nitrogens with zero attached hydrogens (tertiary/aromatic N) is 2. The Morgan fingerprint density at radius 1 is 1.40 bits per heavy atom. The van der Waals surface area contributed by atoms with E-state index in [2.05, 4.69) is 10.6 Å². The number of aliphatic hydroxyl groups excluding tert-OH is 1. The minimum Gasteiger partial charge on any atom is -0.491 e. The molecule has 3 N–H and O–H groups in total. The third-order valence-electron chi connectivity index (χ3n) is 3.66. The van der Waals surface area contributed by atoms with Crippen LogP contribution in [0.4, 0.5) is 4.79 Å². The summed E-state index contributed by atoms with van der Waals surface area (Å²) < 4.78 is 10.7. The van der Waals surface area contributed by atoms with E-state index in [0.29, 0.717) is 57.3 Å². The number of hydrogen-bond acceptors (Lipinski definition) is 6. The predicted octanol–water partition coefficient (Wildman–Crippen LogP) is -0.0706. The second-order valence-corrected chi connectivity index (χ2v) is 5.64. The van der Waals surface area contributed by atoms with Gasteiger partial charge in [-0.3, -0.25) is 0 Å². The second-order valence-electron chi connectivity index (χ2n) is 5.64. The van der Waals surface area contributed by atoms with E-state index < -0.39 is 6.10 Å². The van der Waals surface area contributed by atoms with E-state index in [1.807, 2.05) is 6.07 Å². The fraction of sp³-hybridized carbons (Fsp3) is 0.529. The summed E-state index contributed by atoms with van der Waals surface area (Å²) in [6.07, 6.45) is -0.680. The van der Waals surface area contributed by atoms with Crippen LogP contribution in [0, 0.1) is 11.3 Å². The topological polar surface area (TPSA) is 107 Å². The Balaban J connectivity index is 1.54. The molecule has 1 saturated heterocycles. The molecule has 2 rings (SSSR count). The Labute approximate surface area is 147 Å². The van der Waals surface area contributed by atoms with E-state index in [1.54, 1.807) is 29.2 Å². The maximum atomic E-state index is 11.8. The van der Waals surface area contributed by atoms with Crippen molar-refractivity contribution in [3.63, 3.8) is 0 Å². The monoisotopic (exact) mass is 348 g/mol. The van der Waals surface area contributed by atoms with E-state index in [4.69, 9.17) is 14.7 Å². The van der Waals surface area contributed by atoms with Crippen molar-refractivity contribution in [3.05, 3.63) is 29.8 Å². The molecule has 1 fully saturated rings. The quantitative estimate of drug-likeness (QED) is 0.568. The van der Waals surface area contributed by atoms with Crippen molar-refractivity contribution in [2.24, 2.45) is 0 Å². The lowest BCUT2D eigenvalue weighted by Crippen LogP contribution is -2.47. The molecule has 2 amide bonds. The van der Waals surface area contributed by atoms with Gasteiger partial charge < -0.3 is 30.1 Å². The molecule has 1 aromatic carbocycles. The molecule has 0 aromatic heterocycles. The number of morpholine rings is 1. The van der Waals surface area contributed by atoms with Crippen LogP contribution in [0.1, 0.15) is 5.56 Å². The molecule has 136 valence electrons. The van der Waals surface area contributed by atoms with E-state index in [0.717, 1.165) is 0 Å². The largest absolute Gasteiger partial charge is 0.491 e. The number of aliphatic hydroxyl groups is 1. The maximum Gasteiger partial charge on any atom is 0.317 e. The first-order chi connectivity index (χ1) is 12.2. The maximum absolute atomic E-state index is 11.8. The molecule has 0 aliphatic carbocycles. The molecule has 25 heavy (non-hydrogen) atoms. The Bertz CT molecular complexity index is 584. The van der Waals surface area contributed by atoms with Crippen LogP contribution < -0.4 is 15.4 Å². The van der Waals surface area contributed by atoms with Gasteiger partial charge in [-0.2, -0.15) is 5.26 Å². The van der Waals surface area contributed by atoms with E-state index in [-0.39, 0.29) is 12.6 Å². The second kappa shape index (κ2) is 10.5. The van der Waals surface area contributed by atoms with Crippen LogP contribution in [0.25, 0.3) is 0 Å². The summed E-state index contributed by atoms with van der Waals surface area (Å²) in [4.78, 5) is 13.6. The molecule has 0 radical (unpaired) electrons. The minimum absolute atomic E-state index is 0.0913. The van der Waals surface area contributed by atoms with Crippen LogP contribution in [0.5, 0.6) is 5.75 Å². The van der Waals surface area contributed by atoms with Crippen molar-refractivity contribution in [1.29, 1.82) is 5.26 Å². The molecule has 0 unspecified atom stereocenters. The summed E-state index contributed by atoms with van der Waals surface area (Å²) in [5.74, 6) is 0.552. The molecule has 1 heterocycles. The number of amides is 2. The van der Waals surface area contributed by atoms with Gasteiger partial charge in [-0.25, -0.2) is 4.79 Å². The average molecular weight is 348 g/mol. The van der Waals surface area contributed by atoms with Gasteiger partial charge in [0.05, 0.1) is 24.8 Å². The molecule has 1 aliphatic heterocycles. The van der Waals surface area contributed by atoms with Gasteiger partial charge in [-0.1, -0.05) is 6.07 Å². The van der Waals surface area contributed by atoms with Crippen LogP contribution in [-0.2, 0) is 4.74 Å². The van der Waals surface area contributed by atoms with Crippen molar-refractivity contribution >= 4 is 6.03 Å². The lowest BCUT2D eigenvalue weighted by atomic mass is 10.2. The fourth-order valence-electron chi connectivity index (χ4n) is 2.31. The first kappa shape index (κ1) is 19.0. The minimum atomic E-state index is -0.680. The summed E-state index contributed by atoms with van der Waals surface area (Å²) >= 11 is 0. The first-order valence-electron chi connectivity index (χ1n) is 8.31. The van der Waals surface area contributed by atoms with Gasteiger partial charge in [0.25, 0.3) is 0 Å². The van der Waals surface area contributed by atoms with E-state index >= 15 is 0 Å². The van der Waals surface area contributed by atoms with Crippen molar-refractivity contribution in [1.82, 2.24) is 15.5 Å². The summed E-state index contributed by atoms with van der Waals surface area (Å²) in [5, 5.41) is 24.6. The van der Waals surface area contributed by atoms with Gasteiger partial charge in [0.15, 0.2) is 0 Å². The number of urea groups is 1. The van der Waals surface area contributed by atoms with Gasteiger partial charge in [0.2, 0.25) is 0 Å². The number of ether oxygens (including phenoxy) is 2. The van der Waals surface area contributed by atoms with Crippen molar-refractivity contribution in [2.75, 3.05) is 52.5 Å². The number of carbonyl (C=O) groups excluding carboxylic acids is 1. The average Bonchev–Trinajstić information content (AvgIpc) is 2.66. The molecule has 8 nitrogen and oxygen atoms in total. The summed E-state index contributed by atoms with van der Waals surface area (Å²) in [6, 6.07) is 8.73. The van der Waals surface area contributed by atoms with E-state index in [9.17, 15) is 9.90 Å². The lowest BCUT2D eigenvalue weighted by Gasteiger charge is -2.27. The molecule has 0 bridgehead atoms. The SMILES string of the molecule is N#Cc1cccc(OC[C@@H](O)CNCCNC(=O)N2CCOCC2)c1. The van der Waals surface area contributed by atoms with Crippen molar-refractivity contribution in [3.8, 4) is 11.8 Å². The predicted molar refractivity (Wildman–Crippen MR) is 91.3 cm³/mol. The zero-order chi connectivity index (χ0) is 17.9. The Morgan fingerprint density at radius 3 is 2.96 bits per heavy atom. The first-order valence-corrected chi connectivity index (χ1v) is 8.31. The molecule has 0 saturated carbocycles. The van der Waals surface area contributed by atoms with Crippen LogP contribution in [0.3, 0.4) is 0 Å². The smallest absolute Gasteiger partial charge is 0.317 e. The van der Waals surface area contributed by atoms with Crippen LogP contribution >= 0.6 is 0 Å². The van der Waals surface area contributed by atoms with Gasteiger partial charge >= 0.3 is 6.03 Å². The Kier molecular flexibility index (Phi) is 7.98.